The minimum absolute atomic E-state index is 0.172. The fraction of sp³-hybridized carbons (Fsp3) is 0.0500. The van der Waals surface area contributed by atoms with Gasteiger partial charge in [-0.2, -0.15) is 0 Å². The molecule has 134 valence electrons. The SMILES string of the molecule is Cc1ccc(-c2[nH]c(-c3ccc(O)cc3)nc2C(=O)Nc2nccs2)cc1. The molecule has 0 saturated heterocycles. The van der Waals surface area contributed by atoms with Gasteiger partial charge in [-0.05, 0) is 31.2 Å². The van der Waals surface area contributed by atoms with Crippen LogP contribution in [0, 0.1) is 6.92 Å². The molecule has 3 N–H and O–H groups in total. The maximum absolute atomic E-state index is 12.8. The summed E-state index contributed by atoms with van der Waals surface area (Å²) in [6.45, 7) is 2.01. The average Bonchev–Trinajstić information content (AvgIpc) is 3.33. The van der Waals surface area contributed by atoms with Crippen LogP contribution in [-0.4, -0.2) is 26.0 Å². The zero-order valence-corrected chi connectivity index (χ0v) is 15.2. The van der Waals surface area contributed by atoms with Gasteiger partial charge in [-0.1, -0.05) is 29.8 Å². The van der Waals surface area contributed by atoms with E-state index >= 15 is 0 Å². The summed E-state index contributed by atoms with van der Waals surface area (Å²) in [5.41, 5.74) is 3.69. The molecule has 0 spiro atoms. The second-order valence-corrected chi connectivity index (χ2v) is 6.91. The van der Waals surface area contributed by atoms with Crippen molar-refractivity contribution in [2.45, 2.75) is 6.92 Å². The van der Waals surface area contributed by atoms with Crippen molar-refractivity contribution in [2.24, 2.45) is 0 Å². The molecule has 0 aliphatic rings. The van der Waals surface area contributed by atoms with Gasteiger partial charge >= 0.3 is 0 Å². The fourth-order valence-corrected chi connectivity index (χ4v) is 3.19. The third kappa shape index (κ3) is 3.58. The highest BCUT2D eigenvalue weighted by molar-refractivity contribution is 7.13. The molecule has 27 heavy (non-hydrogen) atoms. The minimum atomic E-state index is -0.332. The number of aryl methyl sites for hydroxylation is 1. The quantitative estimate of drug-likeness (QED) is 0.490. The van der Waals surface area contributed by atoms with Crippen LogP contribution < -0.4 is 5.32 Å². The van der Waals surface area contributed by atoms with E-state index in [1.807, 2.05) is 31.2 Å². The first-order valence-electron chi connectivity index (χ1n) is 8.27. The van der Waals surface area contributed by atoms with Gasteiger partial charge in [0.25, 0.3) is 5.91 Å². The molecule has 2 heterocycles. The van der Waals surface area contributed by atoms with Crippen molar-refractivity contribution in [1.82, 2.24) is 15.0 Å². The number of aromatic amines is 1. The third-order valence-corrected chi connectivity index (χ3v) is 4.74. The number of benzene rings is 2. The Balaban J connectivity index is 1.78. The second kappa shape index (κ2) is 7.05. The zero-order chi connectivity index (χ0) is 18.8. The summed E-state index contributed by atoms with van der Waals surface area (Å²) in [5, 5.41) is 14.6. The van der Waals surface area contributed by atoms with Gasteiger partial charge in [0.15, 0.2) is 10.8 Å². The van der Waals surface area contributed by atoms with Crippen LogP contribution in [-0.2, 0) is 0 Å². The smallest absolute Gasteiger partial charge is 0.278 e. The first-order chi connectivity index (χ1) is 13.1. The molecule has 6 nitrogen and oxygen atoms in total. The summed E-state index contributed by atoms with van der Waals surface area (Å²) < 4.78 is 0. The zero-order valence-electron chi connectivity index (χ0n) is 14.4. The third-order valence-electron chi connectivity index (χ3n) is 4.05. The van der Waals surface area contributed by atoms with Crippen LogP contribution in [0.5, 0.6) is 5.75 Å². The van der Waals surface area contributed by atoms with Gasteiger partial charge in [0.05, 0.1) is 5.69 Å². The maximum atomic E-state index is 12.8. The van der Waals surface area contributed by atoms with Gasteiger partial charge in [-0.25, -0.2) is 9.97 Å². The molecule has 0 unspecified atom stereocenters. The van der Waals surface area contributed by atoms with E-state index in [0.29, 0.717) is 16.6 Å². The topological polar surface area (TPSA) is 90.9 Å². The number of nitrogens with one attached hydrogen (secondary N) is 2. The monoisotopic (exact) mass is 376 g/mol. The minimum Gasteiger partial charge on any atom is -0.508 e. The molecule has 0 saturated carbocycles. The van der Waals surface area contributed by atoms with Gasteiger partial charge in [-0.3, -0.25) is 10.1 Å². The van der Waals surface area contributed by atoms with Crippen LogP contribution in [0.3, 0.4) is 0 Å². The lowest BCUT2D eigenvalue weighted by Crippen LogP contribution is -2.13. The fourth-order valence-electron chi connectivity index (χ4n) is 2.66. The number of anilines is 1. The molecule has 0 aliphatic heterocycles. The van der Waals surface area contributed by atoms with Crippen LogP contribution in [0.1, 0.15) is 16.1 Å². The molecule has 0 bridgehead atoms. The number of nitrogens with zero attached hydrogens (tertiary/aromatic N) is 2. The van der Waals surface area contributed by atoms with Crippen molar-refractivity contribution in [1.29, 1.82) is 0 Å². The Morgan fingerprint density at radius 2 is 1.78 bits per heavy atom. The number of thiazole rings is 1. The standard InChI is InChI=1S/C20H16N4O2S/c1-12-2-4-13(5-3-12)16-17(19(26)24-20-21-10-11-27-20)23-18(22-16)14-6-8-15(25)9-7-14/h2-11,25H,1H3,(H,22,23)(H,21,24,26). The Kier molecular flexibility index (Phi) is 4.43. The maximum Gasteiger partial charge on any atom is 0.278 e. The largest absolute Gasteiger partial charge is 0.508 e. The molecule has 0 fully saturated rings. The predicted molar refractivity (Wildman–Crippen MR) is 106 cm³/mol. The van der Waals surface area contributed by atoms with E-state index in [-0.39, 0.29) is 17.4 Å². The van der Waals surface area contributed by atoms with Crippen LogP contribution in [0.15, 0.2) is 60.1 Å². The van der Waals surface area contributed by atoms with Crippen molar-refractivity contribution in [3.8, 4) is 28.4 Å². The van der Waals surface area contributed by atoms with E-state index in [2.05, 4.69) is 20.3 Å². The lowest BCUT2D eigenvalue weighted by atomic mass is 10.1. The molecule has 0 radical (unpaired) electrons. The number of amides is 1. The number of aromatic hydroxyl groups is 1. The van der Waals surface area contributed by atoms with Crippen LogP contribution in [0.25, 0.3) is 22.6 Å². The Hall–Kier alpha value is -3.45. The number of hydrogen-bond donors (Lipinski definition) is 3. The highest BCUT2D eigenvalue weighted by Gasteiger charge is 2.20. The summed E-state index contributed by atoms with van der Waals surface area (Å²) in [5.74, 6) is 0.391. The van der Waals surface area contributed by atoms with Gasteiger partial charge in [0, 0.05) is 22.7 Å². The number of H-pyrrole nitrogens is 1. The highest BCUT2D eigenvalue weighted by atomic mass is 32.1. The number of phenols is 1. The van der Waals surface area contributed by atoms with Crippen molar-refractivity contribution >= 4 is 22.4 Å². The second-order valence-electron chi connectivity index (χ2n) is 6.01. The normalized spacial score (nSPS) is 10.7. The Morgan fingerprint density at radius 3 is 2.44 bits per heavy atom. The van der Waals surface area contributed by atoms with E-state index in [4.69, 9.17) is 0 Å². The summed E-state index contributed by atoms with van der Waals surface area (Å²) >= 11 is 1.35. The summed E-state index contributed by atoms with van der Waals surface area (Å²) in [4.78, 5) is 24.7. The molecule has 2 aromatic carbocycles. The first-order valence-corrected chi connectivity index (χ1v) is 9.15. The van der Waals surface area contributed by atoms with E-state index in [9.17, 15) is 9.90 Å². The summed E-state index contributed by atoms with van der Waals surface area (Å²) in [7, 11) is 0. The number of aromatic nitrogens is 3. The van der Waals surface area contributed by atoms with E-state index in [1.54, 1.807) is 35.8 Å². The number of hydrogen-bond acceptors (Lipinski definition) is 5. The predicted octanol–water partition coefficient (Wildman–Crippen LogP) is 4.47. The van der Waals surface area contributed by atoms with Gasteiger partial charge < -0.3 is 10.1 Å². The first kappa shape index (κ1) is 17.0. The lowest BCUT2D eigenvalue weighted by Gasteiger charge is -2.03. The number of rotatable bonds is 4. The van der Waals surface area contributed by atoms with E-state index in [1.165, 1.54) is 11.3 Å². The van der Waals surface area contributed by atoms with Crippen molar-refractivity contribution in [2.75, 3.05) is 5.32 Å². The van der Waals surface area contributed by atoms with Gasteiger partial charge in [-0.15, -0.1) is 11.3 Å². The summed E-state index contributed by atoms with van der Waals surface area (Å²) in [6, 6.07) is 14.5. The molecule has 2 aromatic heterocycles. The number of phenolic OH excluding ortho intramolecular Hbond substituents is 1. The van der Waals surface area contributed by atoms with Crippen LogP contribution in [0.2, 0.25) is 0 Å². The number of imidazole rings is 1. The Morgan fingerprint density at radius 1 is 1.07 bits per heavy atom. The molecule has 4 rings (SSSR count). The molecular formula is C20H16N4O2S. The molecule has 4 aromatic rings. The number of carbonyl (C=O) groups is 1. The van der Waals surface area contributed by atoms with Crippen molar-refractivity contribution < 1.29 is 9.90 Å². The van der Waals surface area contributed by atoms with Gasteiger partial charge in [0.1, 0.15) is 11.6 Å². The van der Waals surface area contributed by atoms with Crippen LogP contribution >= 0.6 is 11.3 Å². The average molecular weight is 376 g/mol. The van der Waals surface area contributed by atoms with Crippen LogP contribution in [0.4, 0.5) is 5.13 Å². The Labute approximate surface area is 159 Å². The van der Waals surface area contributed by atoms with E-state index in [0.717, 1.165) is 16.7 Å². The highest BCUT2D eigenvalue weighted by Crippen LogP contribution is 2.28. The molecule has 0 aliphatic carbocycles. The molecule has 7 heteroatoms. The van der Waals surface area contributed by atoms with Gasteiger partial charge in [0.2, 0.25) is 0 Å². The summed E-state index contributed by atoms with van der Waals surface area (Å²) in [6.07, 6.45) is 1.63. The lowest BCUT2D eigenvalue weighted by molar-refractivity contribution is 0.102. The number of carbonyl (C=O) groups excluding carboxylic acids is 1. The van der Waals surface area contributed by atoms with Crippen molar-refractivity contribution in [3.05, 3.63) is 71.4 Å². The molecule has 1 amide bonds. The van der Waals surface area contributed by atoms with E-state index < -0.39 is 0 Å². The Bertz CT molecular complexity index is 1070. The molecular weight excluding hydrogens is 360 g/mol. The molecule has 0 atom stereocenters. The van der Waals surface area contributed by atoms with Crippen molar-refractivity contribution in [3.63, 3.8) is 0 Å².